The number of rotatable bonds is 5. The minimum absolute atomic E-state index is 0.0832. The Morgan fingerprint density at radius 1 is 1.30 bits per heavy atom. The Hall–Kier alpha value is -1.46. The number of para-hydroxylation sites is 1. The Labute approximate surface area is 126 Å². The quantitative estimate of drug-likeness (QED) is 0.873. The number of amides is 2. The first-order chi connectivity index (χ1) is 9.49. The summed E-state index contributed by atoms with van der Waals surface area (Å²) in [5.41, 5.74) is 0.349. The summed E-state index contributed by atoms with van der Waals surface area (Å²) in [7, 11) is 0. The molecule has 0 radical (unpaired) electrons. The molecular weight excluding hydrogens is 303 g/mol. The molecule has 108 valence electrons. The molecule has 0 heterocycles. The van der Waals surface area contributed by atoms with Crippen molar-refractivity contribution in [3.05, 3.63) is 28.2 Å². The molecule has 2 amide bonds. The van der Waals surface area contributed by atoms with Gasteiger partial charge in [0.05, 0.1) is 22.2 Å². The SMILES string of the molecule is O=C(O)CCN(C(=O)Nc1c(Cl)cccc1Cl)C1CC1. The van der Waals surface area contributed by atoms with Crippen LogP contribution in [0.3, 0.4) is 0 Å². The summed E-state index contributed by atoms with van der Waals surface area (Å²) >= 11 is 12.0. The smallest absolute Gasteiger partial charge is 0.322 e. The molecular formula is C13H14Cl2N2O3. The molecule has 2 rings (SSSR count). The zero-order chi connectivity index (χ0) is 14.7. The van der Waals surface area contributed by atoms with E-state index >= 15 is 0 Å². The van der Waals surface area contributed by atoms with Gasteiger partial charge >= 0.3 is 12.0 Å². The summed E-state index contributed by atoms with van der Waals surface area (Å²) in [6.45, 7) is 0.175. The number of anilines is 1. The van der Waals surface area contributed by atoms with Crippen molar-refractivity contribution in [3.63, 3.8) is 0 Å². The fourth-order valence-corrected chi connectivity index (χ4v) is 2.34. The summed E-state index contributed by atoms with van der Waals surface area (Å²) in [6, 6.07) is 4.67. The first kappa shape index (κ1) is 14.9. The summed E-state index contributed by atoms with van der Waals surface area (Å²) in [6.07, 6.45) is 1.70. The summed E-state index contributed by atoms with van der Waals surface area (Å²) in [5.74, 6) is -0.931. The molecule has 1 fully saturated rings. The number of nitrogens with zero attached hydrogens (tertiary/aromatic N) is 1. The molecule has 0 bridgehead atoms. The number of urea groups is 1. The fraction of sp³-hybridized carbons (Fsp3) is 0.385. The van der Waals surface area contributed by atoms with Crippen LogP contribution in [0.1, 0.15) is 19.3 Å². The van der Waals surface area contributed by atoms with Gasteiger partial charge in [-0.1, -0.05) is 29.3 Å². The van der Waals surface area contributed by atoms with E-state index in [2.05, 4.69) is 5.32 Å². The molecule has 0 spiro atoms. The summed E-state index contributed by atoms with van der Waals surface area (Å²) in [4.78, 5) is 24.4. The molecule has 20 heavy (non-hydrogen) atoms. The number of aliphatic carboxylic acids is 1. The van der Waals surface area contributed by atoms with Gasteiger partial charge in [-0.25, -0.2) is 4.79 Å². The molecule has 7 heteroatoms. The summed E-state index contributed by atoms with van der Waals surface area (Å²) < 4.78 is 0. The molecule has 0 unspecified atom stereocenters. The minimum Gasteiger partial charge on any atom is -0.481 e. The van der Waals surface area contributed by atoms with Crippen LogP contribution in [0.2, 0.25) is 10.0 Å². The Bertz CT molecular complexity index is 512. The van der Waals surface area contributed by atoms with Crippen LogP contribution < -0.4 is 5.32 Å². The van der Waals surface area contributed by atoms with Crippen LogP contribution in [-0.4, -0.2) is 34.6 Å². The largest absolute Gasteiger partial charge is 0.481 e. The monoisotopic (exact) mass is 316 g/mol. The zero-order valence-corrected chi connectivity index (χ0v) is 12.1. The molecule has 1 aliphatic rings. The van der Waals surface area contributed by atoms with E-state index in [1.807, 2.05) is 0 Å². The second-order valence-electron chi connectivity index (χ2n) is 4.60. The standard InChI is InChI=1S/C13H14Cl2N2O3/c14-9-2-1-3-10(15)12(9)16-13(20)17(8-4-5-8)7-6-11(18)19/h1-3,8H,4-7H2,(H,16,20)(H,18,19). The van der Waals surface area contributed by atoms with Crippen molar-refractivity contribution < 1.29 is 14.7 Å². The molecule has 0 aliphatic heterocycles. The molecule has 1 aromatic rings. The number of nitrogens with one attached hydrogen (secondary N) is 1. The van der Waals surface area contributed by atoms with Crippen molar-refractivity contribution in [2.24, 2.45) is 0 Å². The number of carbonyl (C=O) groups is 2. The van der Waals surface area contributed by atoms with E-state index in [1.54, 1.807) is 18.2 Å². The van der Waals surface area contributed by atoms with E-state index in [0.717, 1.165) is 12.8 Å². The van der Waals surface area contributed by atoms with Gasteiger partial charge in [0.25, 0.3) is 0 Å². The maximum absolute atomic E-state index is 12.2. The van der Waals surface area contributed by atoms with Gasteiger partial charge in [-0.15, -0.1) is 0 Å². The number of hydrogen-bond donors (Lipinski definition) is 2. The lowest BCUT2D eigenvalue weighted by Crippen LogP contribution is -2.38. The van der Waals surface area contributed by atoms with Crippen LogP contribution in [0.15, 0.2) is 18.2 Å². The third-order valence-electron chi connectivity index (χ3n) is 3.01. The van der Waals surface area contributed by atoms with Crippen LogP contribution in [0.25, 0.3) is 0 Å². The van der Waals surface area contributed by atoms with Crippen molar-refractivity contribution in [2.75, 3.05) is 11.9 Å². The number of halogens is 2. The van der Waals surface area contributed by atoms with Gasteiger partial charge in [-0.3, -0.25) is 4.79 Å². The highest BCUT2D eigenvalue weighted by Crippen LogP contribution is 2.32. The van der Waals surface area contributed by atoms with Crippen LogP contribution in [0.4, 0.5) is 10.5 Å². The van der Waals surface area contributed by atoms with Crippen molar-refractivity contribution in [1.82, 2.24) is 4.90 Å². The van der Waals surface area contributed by atoms with E-state index in [1.165, 1.54) is 4.90 Å². The summed E-state index contributed by atoms with van der Waals surface area (Å²) in [5, 5.41) is 12.1. The normalized spacial score (nSPS) is 13.9. The third-order valence-corrected chi connectivity index (χ3v) is 3.64. The lowest BCUT2D eigenvalue weighted by atomic mass is 10.3. The second-order valence-corrected chi connectivity index (χ2v) is 5.41. The maximum Gasteiger partial charge on any atom is 0.322 e. The van der Waals surface area contributed by atoms with Crippen molar-refractivity contribution in [1.29, 1.82) is 0 Å². The maximum atomic E-state index is 12.2. The predicted octanol–water partition coefficient (Wildman–Crippen LogP) is 3.46. The molecule has 1 saturated carbocycles. The van der Waals surface area contributed by atoms with E-state index in [4.69, 9.17) is 28.3 Å². The molecule has 0 aromatic heterocycles. The van der Waals surface area contributed by atoms with Crippen LogP contribution in [-0.2, 0) is 4.79 Å². The highest BCUT2D eigenvalue weighted by molar-refractivity contribution is 6.39. The van der Waals surface area contributed by atoms with E-state index in [9.17, 15) is 9.59 Å². The molecule has 1 aromatic carbocycles. The van der Waals surface area contributed by atoms with Gasteiger partial charge in [-0.2, -0.15) is 0 Å². The zero-order valence-electron chi connectivity index (χ0n) is 10.6. The van der Waals surface area contributed by atoms with Gasteiger partial charge in [0, 0.05) is 12.6 Å². The van der Waals surface area contributed by atoms with Gasteiger partial charge < -0.3 is 15.3 Å². The second kappa shape index (κ2) is 6.33. The predicted molar refractivity (Wildman–Crippen MR) is 77.5 cm³/mol. The van der Waals surface area contributed by atoms with Crippen LogP contribution in [0.5, 0.6) is 0 Å². The minimum atomic E-state index is -0.931. The van der Waals surface area contributed by atoms with Crippen molar-refractivity contribution in [2.45, 2.75) is 25.3 Å². The lowest BCUT2D eigenvalue weighted by Gasteiger charge is -2.22. The number of benzene rings is 1. The van der Waals surface area contributed by atoms with Gasteiger partial charge in [-0.05, 0) is 25.0 Å². The molecule has 5 nitrogen and oxygen atoms in total. The highest BCUT2D eigenvalue weighted by Gasteiger charge is 2.33. The van der Waals surface area contributed by atoms with Crippen LogP contribution in [0, 0.1) is 0 Å². The molecule has 2 N–H and O–H groups in total. The fourth-order valence-electron chi connectivity index (χ4n) is 1.85. The Kier molecular flexibility index (Phi) is 4.73. The number of carbonyl (C=O) groups excluding carboxylic acids is 1. The number of carboxylic acids is 1. The Morgan fingerprint density at radius 3 is 2.40 bits per heavy atom. The average molecular weight is 317 g/mol. The third kappa shape index (κ3) is 3.77. The van der Waals surface area contributed by atoms with Gasteiger partial charge in [0.2, 0.25) is 0 Å². The first-order valence-electron chi connectivity index (χ1n) is 6.22. The van der Waals surface area contributed by atoms with Crippen molar-refractivity contribution >= 4 is 40.9 Å². The number of carboxylic acid groups (broad SMARTS) is 1. The van der Waals surface area contributed by atoms with Crippen molar-refractivity contribution in [3.8, 4) is 0 Å². The van der Waals surface area contributed by atoms with Gasteiger partial charge in [0.15, 0.2) is 0 Å². The highest BCUT2D eigenvalue weighted by atomic mass is 35.5. The Balaban J connectivity index is 2.06. The molecule has 1 aliphatic carbocycles. The van der Waals surface area contributed by atoms with E-state index in [0.29, 0.717) is 15.7 Å². The Morgan fingerprint density at radius 2 is 1.90 bits per heavy atom. The van der Waals surface area contributed by atoms with E-state index in [-0.39, 0.29) is 25.0 Å². The lowest BCUT2D eigenvalue weighted by molar-refractivity contribution is -0.137. The molecule has 0 saturated heterocycles. The van der Waals surface area contributed by atoms with Crippen LogP contribution >= 0.6 is 23.2 Å². The van der Waals surface area contributed by atoms with Gasteiger partial charge in [0.1, 0.15) is 0 Å². The first-order valence-corrected chi connectivity index (χ1v) is 6.98. The average Bonchev–Trinajstić information content (AvgIpc) is 3.18. The molecule has 0 atom stereocenters. The van der Waals surface area contributed by atoms with E-state index < -0.39 is 5.97 Å². The number of hydrogen-bond acceptors (Lipinski definition) is 2. The topological polar surface area (TPSA) is 69.6 Å².